The minimum absolute atomic E-state index is 0.188. The molecule has 0 saturated carbocycles. The maximum absolute atomic E-state index is 13.4. The SMILES string of the molecule is Cc1ccc(S(=O)(=O)N(CC(=O)N/N=C\c2sccc2C)c2ccc(Cl)c(C(F)(F)F)c2)cc1. The number of alkyl halides is 3. The second kappa shape index (κ2) is 10.2. The highest BCUT2D eigenvalue weighted by molar-refractivity contribution is 7.92. The molecule has 1 heterocycles. The molecule has 6 nitrogen and oxygen atoms in total. The number of carbonyl (C=O) groups excluding carboxylic acids is 1. The van der Waals surface area contributed by atoms with Gasteiger partial charge in [-0.25, -0.2) is 13.8 Å². The van der Waals surface area contributed by atoms with Gasteiger partial charge in [0, 0.05) is 4.88 Å². The van der Waals surface area contributed by atoms with E-state index < -0.39 is 39.2 Å². The molecule has 3 aromatic rings. The van der Waals surface area contributed by atoms with Crippen molar-refractivity contribution in [2.75, 3.05) is 10.8 Å². The fourth-order valence-corrected chi connectivity index (χ4v) is 5.31. The highest BCUT2D eigenvalue weighted by Gasteiger charge is 2.35. The molecule has 0 aliphatic rings. The molecular formula is C22H19ClF3N3O3S2. The Morgan fingerprint density at radius 3 is 2.41 bits per heavy atom. The highest BCUT2D eigenvalue weighted by atomic mass is 35.5. The van der Waals surface area contributed by atoms with E-state index in [0.717, 1.165) is 28.1 Å². The number of hydrazone groups is 1. The van der Waals surface area contributed by atoms with Gasteiger partial charge in [0.25, 0.3) is 15.9 Å². The zero-order valence-corrected chi connectivity index (χ0v) is 20.3. The average Bonchev–Trinajstić information content (AvgIpc) is 3.16. The fourth-order valence-electron chi connectivity index (χ4n) is 2.88. The van der Waals surface area contributed by atoms with Gasteiger partial charge in [-0.1, -0.05) is 29.3 Å². The van der Waals surface area contributed by atoms with Crippen LogP contribution in [0.1, 0.15) is 21.6 Å². The Balaban J connectivity index is 1.97. The summed E-state index contributed by atoms with van der Waals surface area (Å²) in [4.78, 5) is 13.1. The lowest BCUT2D eigenvalue weighted by atomic mass is 10.2. The van der Waals surface area contributed by atoms with E-state index in [4.69, 9.17) is 11.6 Å². The van der Waals surface area contributed by atoms with Gasteiger partial charge < -0.3 is 0 Å². The van der Waals surface area contributed by atoms with Crippen molar-refractivity contribution in [2.24, 2.45) is 5.10 Å². The number of benzene rings is 2. The van der Waals surface area contributed by atoms with E-state index >= 15 is 0 Å². The summed E-state index contributed by atoms with van der Waals surface area (Å²) in [6.07, 6.45) is -3.42. The normalized spacial score (nSPS) is 12.2. The maximum Gasteiger partial charge on any atom is 0.417 e. The van der Waals surface area contributed by atoms with Crippen molar-refractivity contribution in [1.82, 2.24) is 5.43 Å². The summed E-state index contributed by atoms with van der Waals surface area (Å²) in [7, 11) is -4.40. The van der Waals surface area contributed by atoms with E-state index in [0.29, 0.717) is 10.4 Å². The number of carbonyl (C=O) groups is 1. The van der Waals surface area contributed by atoms with Crippen LogP contribution in [-0.4, -0.2) is 27.1 Å². The summed E-state index contributed by atoms with van der Waals surface area (Å²) < 4.78 is 67.4. The van der Waals surface area contributed by atoms with Crippen molar-refractivity contribution >= 4 is 50.8 Å². The Bertz CT molecular complexity index is 1320. The molecule has 0 spiro atoms. The second-order valence-corrected chi connectivity index (χ2v) is 10.5. The molecule has 3 rings (SSSR count). The molecular weight excluding hydrogens is 511 g/mol. The highest BCUT2D eigenvalue weighted by Crippen LogP contribution is 2.38. The quantitative estimate of drug-likeness (QED) is 0.329. The standard InChI is InChI=1S/C22H19ClF3N3O3S2/c1-14-3-6-17(7-4-14)34(31,32)29(16-5-8-19(23)18(11-16)22(24,25)26)13-21(30)28-27-12-20-15(2)9-10-33-20/h3-12H,13H2,1-2H3,(H,28,30)/b27-12-. The number of thiophene rings is 1. The molecule has 34 heavy (non-hydrogen) atoms. The van der Waals surface area contributed by atoms with Gasteiger partial charge >= 0.3 is 6.18 Å². The Morgan fingerprint density at radius 2 is 1.82 bits per heavy atom. The Hall–Kier alpha value is -2.89. The van der Waals surface area contributed by atoms with Crippen molar-refractivity contribution in [2.45, 2.75) is 24.9 Å². The fraction of sp³-hybridized carbons (Fsp3) is 0.182. The van der Waals surface area contributed by atoms with Gasteiger partial charge in [-0.3, -0.25) is 9.10 Å². The third-order valence-corrected chi connectivity index (χ3v) is 7.78. The number of halogens is 4. The predicted octanol–water partition coefficient (Wildman–Crippen LogP) is 5.38. The van der Waals surface area contributed by atoms with Gasteiger partial charge in [-0.05, 0) is 61.2 Å². The van der Waals surface area contributed by atoms with Gasteiger partial charge in [0.1, 0.15) is 6.54 Å². The van der Waals surface area contributed by atoms with E-state index in [1.165, 1.54) is 29.7 Å². The van der Waals surface area contributed by atoms with Crippen LogP contribution in [0.3, 0.4) is 0 Å². The molecule has 0 radical (unpaired) electrons. The number of hydrogen-bond acceptors (Lipinski definition) is 5. The number of nitrogens with one attached hydrogen (secondary N) is 1. The molecule has 1 amide bonds. The summed E-state index contributed by atoms with van der Waals surface area (Å²) >= 11 is 7.08. The number of sulfonamides is 1. The Kier molecular flexibility index (Phi) is 7.69. The monoisotopic (exact) mass is 529 g/mol. The van der Waals surface area contributed by atoms with Crippen molar-refractivity contribution in [3.05, 3.63) is 80.5 Å². The van der Waals surface area contributed by atoms with Crippen LogP contribution in [-0.2, 0) is 21.0 Å². The molecule has 0 saturated heterocycles. The number of nitrogens with zero attached hydrogens (tertiary/aromatic N) is 2. The van der Waals surface area contributed by atoms with Crippen LogP contribution >= 0.6 is 22.9 Å². The molecule has 0 aliphatic heterocycles. The maximum atomic E-state index is 13.4. The first-order valence-electron chi connectivity index (χ1n) is 9.72. The summed E-state index contributed by atoms with van der Waals surface area (Å²) in [5.74, 6) is -0.843. The topological polar surface area (TPSA) is 78.8 Å². The molecule has 1 N–H and O–H groups in total. The number of aryl methyl sites for hydroxylation is 2. The minimum atomic E-state index is -4.82. The molecule has 0 atom stereocenters. The lowest BCUT2D eigenvalue weighted by molar-refractivity contribution is -0.137. The smallest absolute Gasteiger partial charge is 0.271 e. The van der Waals surface area contributed by atoms with Crippen LogP contribution in [0.25, 0.3) is 0 Å². The predicted molar refractivity (Wildman–Crippen MR) is 127 cm³/mol. The molecule has 12 heteroatoms. The second-order valence-electron chi connectivity index (χ2n) is 7.25. The first-order valence-corrected chi connectivity index (χ1v) is 12.4. The number of amides is 1. The summed E-state index contributed by atoms with van der Waals surface area (Å²) in [5, 5.41) is 5.07. The van der Waals surface area contributed by atoms with Crippen molar-refractivity contribution < 1.29 is 26.4 Å². The van der Waals surface area contributed by atoms with Crippen molar-refractivity contribution in [3.63, 3.8) is 0 Å². The largest absolute Gasteiger partial charge is 0.417 e. The van der Waals surface area contributed by atoms with Gasteiger partial charge in [0.2, 0.25) is 0 Å². The molecule has 0 unspecified atom stereocenters. The molecule has 0 aliphatic carbocycles. The van der Waals surface area contributed by atoms with E-state index in [1.54, 1.807) is 19.1 Å². The number of rotatable bonds is 7. The van der Waals surface area contributed by atoms with E-state index in [-0.39, 0.29) is 10.6 Å². The lowest BCUT2D eigenvalue weighted by Crippen LogP contribution is -2.39. The Morgan fingerprint density at radius 1 is 1.15 bits per heavy atom. The van der Waals surface area contributed by atoms with Crippen molar-refractivity contribution in [1.29, 1.82) is 0 Å². The third-order valence-electron chi connectivity index (χ3n) is 4.71. The van der Waals surface area contributed by atoms with Crippen LogP contribution < -0.4 is 9.73 Å². The van der Waals surface area contributed by atoms with Crippen LogP contribution in [0.15, 0.2) is 63.9 Å². The summed E-state index contributed by atoms with van der Waals surface area (Å²) in [5.41, 5.74) is 2.35. The molecule has 0 bridgehead atoms. The first kappa shape index (κ1) is 25.7. The molecule has 0 fully saturated rings. The van der Waals surface area contributed by atoms with Crippen LogP contribution in [0.2, 0.25) is 5.02 Å². The van der Waals surface area contributed by atoms with Gasteiger partial charge in [-0.15, -0.1) is 11.3 Å². The minimum Gasteiger partial charge on any atom is -0.271 e. The number of anilines is 1. The third kappa shape index (κ3) is 5.96. The average molecular weight is 530 g/mol. The van der Waals surface area contributed by atoms with E-state index in [2.05, 4.69) is 10.5 Å². The summed E-state index contributed by atoms with van der Waals surface area (Å²) in [6.45, 7) is 2.80. The molecule has 1 aromatic heterocycles. The lowest BCUT2D eigenvalue weighted by Gasteiger charge is -2.25. The molecule has 2 aromatic carbocycles. The Labute approximate surface area is 203 Å². The van der Waals surface area contributed by atoms with Crippen LogP contribution in [0, 0.1) is 13.8 Å². The molecule has 180 valence electrons. The van der Waals surface area contributed by atoms with Gasteiger partial charge in [0.15, 0.2) is 0 Å². The number of hydrogen-bond donors (Lipinski definition) is 1. The van der Waals surface area contributed by atoms with Gasteiger partial charge in [0.05, 0.1) is 27.4 Å². The zero-order chi connectivity index (χ0) is 25.1. The summed E-state index contributed by atoms with van der Waals surface area (Å²) in [6, 6.07) is 10.2. The first-order chi connectivity index (χ1) is 15.9. The van der Waals surface area contributed by atoms with Crippen LogP contribution in [0.5, 0.6) is 0 Å². The van der Waals surface area contributed by atoms with Crippen LogP contribution in [0.4, 0.5) is 18.9 Å². The zero-order valence-electron chi connectivity index (χ0n) is 17.9. The van der Waals surface area contributed by atoms with E-state index in [9.17, 15) is 26.4 Å². The van der Waals surface area contributed by atoms with Crippen molar-refractivity contribution in [3.8, 4) is 0 Å². The van der Waals surface area contributed by atoms with E-state index in [1.807, 2.05) is 18.4 Å². The van der Waals surface area contributed by atoms with Gasteiger partial charge in [-0.2, -0.15) is 18.3 Å².